The first-order valence-electron chi connectivity index (χ1n) is 6.48. The van der Waals surface area contributed by atoms with Crippen LogP contribution in [-0.2, 0) is 13.2 Å². The van der Waals surface area contributed by atoms with E-state index in [-0.39, 0.29) is 26.2 Å². The number of amides is 2. The van der Waals surface area contributed by atoms with Gasteiger partial charge in [0.1, 0.15) is 5.69 Å². The molecular weight excluding hydrogens is 282 g/mol. The van der Waals surface area contributed by atoms with Gasteiger partial charge in [-0.1, -0.05) is 5.21 Å². The van der Waals surface area contributed by atoms with E-state index in [0.29, 0.717) is 18.7 Å². The Hall–Kier alpha value is -2.36. The number of hydrogen-bond donors (Lipinski definition) is 3. The zero-order valence-electron chi connectivity index (χ0n) is 11.3. The van der Waals surface area contributed by atoms with E-state index in [1.54, 1.807) is 6.20 Å². The molecule has 10 nitrogen and oxygen atoms in total. The summed E-state index contributed by atoms with van der Waals surface area (Å²) in [4.78, 5) is 24.7. The Labute approximate surface area is 120 Å². The highest BCUT2D eigenvalue weighted by Gasteiger charge is 2.32. The van der Waals surface area contributed by atoms with Crippen LogP contribution in [0.15, 0.2) is 6.20 Å². The standard InChI is InChI=1S/C11H17N5O5/c17-7-8-5-15(13-12-8)2-1-9-6-14(10(18)19)3-4-16(9)11(20)21/h5,9,17H,1-4,6-7H2,(H,18,19)(H,20,21)/t9-/m1/s1. The van der Waals surface area contributed by atoms with Crippen molar-refractivity contribution >= 4 is 12.2 Å². The summed E-state index contributed by atoms with van der Waals surface area (Å²) >= 11 is 0. The summed E-state index contributed by atoms with van der Waals surface area (Å²) in [6, 6.07) is -0.422. The van der Waals surface area contributed by atoms with E-state index < -0.39 is 18.2 Å². The Kier molecular flexibility index (Phi) is 4.58. The van der Waals surface area contributed by atoms with Crippen LogP contribution in [0.1, 0.15) is 12.1 Å². The van der Waals surface area contributed by atoms with Gasteiger partial charge in [-0.25, -0.2) is 9.59 Å². The Balaban J connectivity index is 1.98. The third kappa shape index (κ3) is 3.60. The second-order valence-electron chi connectivity index (χ2n) is 4.78. The molecule has 1 fully saturated rings. The van der Waals surface area contributed by atoms with Gasteiger partial charge in [-0.2, -0.15) is 0 Å². The van der Waals surface area contributed by atoms with Crippen molar-refractivity contribution in [2.45, 2.75) is 25.6 Å². The van der Waals surface area contributed by atoms with Gasteiger partial charge in [-0.05, 0) is 6.42 Å². The summed E-state index contributed by atoms with van der Waals surface area (Å²) in [5, 5.41) is 34.6. The molecule has 1 aliphatic rings. The van der Waals surface area contributed by atoms with Crippen LogP contribution in [0, 0.1) is 0 Å². The fraction of sp³-hybridized carbons (Fsp3) is 0.636. The normalized spacial score (nSPS) is 18.8. The topological polar surface area (TPSA) is 132 Å². The van der Waals surface area contributed by atoms with E-state index in [2.05, 4.69) is 10.3 Å². The van der Waals surface area contributed by atoms with Crippen molar-refractivity contribution in [1.82, 2.24) is 24.8 Å². The fourth-order valence-electron chi connectivity index (χ4n) is 2.33. The van der Waals surface area contributed by atoms with Crippen LogP contribution in [0.25, 0.3) is 0 Å². The summed E-state index contributed by atoms with van der Waals surface area (Å²) in [6.45, 7) is 0.664. The maximum absolute atomic E-state index is 11.2. The average molecular weight is 299 g/mol. The second kappa shape index (κ2) is 6.39. The van der Waals surface area contributed by atoms with E-state index in [9.17, 15) is 9.59 Å². The number of rotatable bonds is 4. The number of piperazine rings is 1. The van der Waals surface area contributed by atoms with Gasteiger partial charge in [0.05, 0.1) is 18.8 Å². The molecule has 21 heavy (non-hydrogen) atoms. The molecule has 0 aliphatic carbocycles. The van der Waals surface area contributed by atoms with Crippen molar-refractivity contribution < 1.29 is 24.9 Å². The van der Waals surface area contributed by atoms with E-state index in [1.165, 1.54) is 14.5 Å². The van der Waals surface area contributed by atoms with E-state index in [4.69, 9.17) is 15.3 Å². The van der Waals surface area contributed by atoms with Gasteiger partial charge in [0.2, 0.25) is 0 Å². The third-order valence-corrected chi connectivity index (χ3v) is 3.44. The Morgan fingerprint density at radius 3 is 2.62 bits per heavy atom. The van der Waals surface area contributed by atoms with Crippen molar-refractivity contribution in [3.05, 3.63) is 11.9 Å². The second-order valence-corrected chi connectivity index (χ2v) is 4.78. The van der Waals surface area contributed by atoms with Gasteiger partial charge >= 0.3 is 12.2 Å². The van der Waals surface area contributed by atoms with Gasteiger partial charge in [0.15, 0.2) is 0 Å². The van der Waals surface area contributed by atoms with Gasteiger partial charge < -0.3 is 25.1 Å². The molecule has 10 heteroatoms. The van der Waals surface area contributed by atoms with Crippen molar-refractivity contribution in [2.75, 3.05) is 19.6 Å². The van der Waals surface area contributed by atoms with Crippen LogP contribution in [0.5, 0.6) is 0 Å². The van der Waals surface area contributed by atoms with Crippen LogP contribution >= 0.6 is 0 Å². The lowest BCUT2D eigenvalue weighted by Crippen LogP contribution is -2.56. The van der Waals surface area contributed by atoms with E-state index in [1.807, 2.05) is 0 Å². The summed E-state index contributed by atoms with van der Waals surface area (Å²) in [5.41, 5.74) is 0.431. The molecule has 116 valence electrons. The first-order chi connectivity index (χ1) is 10.0. The number of aliphatic hydroxyl groups is 1. The molecule has 3 N–H and O–H groups in total. The molecule has 2 amide bonds. The summed E-state index contributed by atoms with van der Waals surface area (Å²) in [7, 11) is 0. The molecule has 0 bridgehead atoms. The van der Waals surface area contributed by atoms with Crippen LogP contribution in [0.2, 0.25) is 0 Å². The minimum absolute atomic E-state index is 0.142. The van der Waals surface area contributed by atoms with Crippen LogP contribution in [-0.4, -0.2) is 78.0 Å². The Morgan fingerprint density at radius 2 is 2.05 bits per heavy atom. The molecule has 0 radical (unpaired) electrons. The first kappa shape index (κ1) is 15.0. The fourth-order valence-corrected chi connectivity index (χ4v) is 2.33. The zero-order valence-corrected chi connectivity index (χ0v) is 11.3. The number of carbonyl (C=O) groups is 2. The van der Waals surface area contributed by atoms with Crippen molar-refractivity contribution in [3.8, 4) is 0 Å². The number of carboxylic acid groups (broad SMARTS) is 2. The summed E-state index contributed by atoms with van der Waals surface area (Å²) in [6.07, 6.45) is -0.110. The highest BCUT2D eigenvalue weighted by atomic mass is 16.4. The van der Waals surface area contributed by atoms with Gasteiger partial charge in [0.25, 0.3) is 0 Å². The number of aromatic nitrogens is 3. The molecule has 1 saturated heterocycles. The maximum atomic E-state index is 11.2. The molecule has 0 aromatic carbocycles. The van der Waals surface area contributed by atoms with Crippen molar-refractivity contribution in [1.29, 1.82) is 0 Å². The lowest BCUT2D eigenvalue weighted by Gasteiger charge is -2.38. The minimum Gasteiger partial charge on any atom is -0.465 e. The number of nitrogens with zero attached hydrogens (tertiary/aromatic N) is 5. The molecular formula is C11H17N5O5. The molecule has 2 rings (SSSR count). The number of aryl methyl sites for hydroxylation is 1. The third-order valence-electron chi connectivity index (χ3n) is 3.44. The summed E-state index contributed by atoms with van der Waals surface area (Å²) in [5.74, 6) is 0. The molecule has 1 atom stereocenters. The monoisotopic (exact) mass is 299 g/mol. The summed E-state index contributed by atoms with van der Waals surface area (Å²) < 4.78 is 1.51. The predicted molar refractivity (Wildman–Crippen MR) is 68.7 cm³/mol. The predicted octanol–water partition coefficient (Wildman–Crippen LogP) is -0.497. The lowest BCUT2D eigenvalue weighted by molar-refractivity contribution is 0.0593. The molecule has 1 aromatic heterocycles. The molecule has 2 heterocycles. The van der Waals surface area contributed by atoms with Crippen LogP contribution in [0.4, 0.5) is 9.59 Å². The SMILES string of the molecule is O=C(O)N1CCN(C(=O)O)[C@H](CCn2cc(CO)nn2)C1. The van der Waals surface area contributed by atoms with Gasteiger partial charge in [0, 0.05) is 26.2 Å². The van der Waals surface area contributed by atoms with Crippen molar-refractivity contribution in [3.63, 3.8) is 0 Å². The quantitative estimate of drug-likeness (QED) is 0.683. The molecule has 1 aromatic rings. The highest BCUT2D eigenvalue weighted by Crippen LogP contribution is 2.14. The van der Waals surface area contributed by atoms with Gasteiger partial charge in [-0.15, -0.1) is 5.10 Å². The Bertz CT molecular complexity index is 519. The lowest BCUT2D eigenvalue weighted by atomic mass is 10.1. The number of hydrogen-bond acceptors (Lipinski definition) is 5. The van der Waals surface area contributed by atoms with Crippen molar-refractivity contribution in [2.24, 2.45) is 0 Å². The maximum Gasteiger partial charge on any atom is 0.407 e. The van der Waals surface area contributed by atoms with Gasteiger partial charge in [-0.3, -0.25) is 4.68 Å². The molecule has 0 unspecified atom stereocenters. The largest absolute Gasteiger partial charge is 0.465 e. The highest BCUT2D eigenvalue weighted by molar-refractivity contribution is 5.68. The number of aliphatic hydroxyl groups excluding tert-OH is 1. The minimum atomic E-state index is -1.06. The average Bonchev–Trinajstić information content (AvgIpc) is 2.92. The molecule has 0 spiro atoms. The zero-order chi connectivity index (χ0) is 15.4. The molecule has 1 aliphatic heterocycles. The van der Waals surface area contributed by atoms with E-state index in [0.717, 1.165) is 0 Å². The van der Waals surface area contributed by atoms with Crippen LogP contribution < -0.4 is 0 Å². The Morgan fingerprint density at radius 1 is 1.29 bits per heavy atom. The smallest absolute Gasteiger partial charge is 0.407 e. The van der Waals surface area contributed by atoms with Crippen LogP contribution in [0.3, 0.4) is 0 Å². The van der Waals surface area contributed by atoms with E-state index >= 15 is 0 Å². The molecule has 0 saturated carbocycles. The first-order valence-corrected chi connectivity index (χ1v) is 6.48.